The van der Waals surface area contributed by atoms with Gasteiger partial charge in [-0.3, -0.25) is 0 Å². The summed E-state index contributed by atoms with van der Waals surface area (Å²) in [6.07, 6.45) is 1.67. The van der Waals surface area contributed by atoms with Gasteiger partial charge in [-0.05, 0) is 37.1 Å². The molecule has 1 fully saturated rings. The quantitative estimate of drug-likeness (QED) is 0.728. The number of rotatable bonds is 2. The van der Waals surface area contributed by atoms with Crippen molar-refractivity contribution < 1.29 is 18.7 Å². The zero-order chi connectivity index (χ0) is 18.9. The van der Waals surface area contributed by atoms with E-state index in [0.29, 0.717) is 43.5 Å². The van der Waals surface area contributed by atoms with Crippen molar-refractivity contribution in [3.8, 4) is 11.5 Å². The van der Waals surface area contributed by atoms with Crippen molar-refractivity contribution in [3.63, 3.8) is 0 Å². The molecule has 0 bridgehead atoms. The number of amides is 2. The molecular formula is C21H21N3O4. The lowest BCUT2D eigenvalue weighted by Crippen LogP contribution is -2.40. The third kappa shape index (κ3) is 3.24. The van der Waals surface area contributed by atoms with Crippen LogP contribution in [0.1, 0.15) is 24.7 Å². The number of nitrogens with zero attached hydrogens (tertiary/aromatic N) is 2. The van der Waals surface area contributed by atoms with Crippen LogP contribution in [0.15, 0.2) is 46.9 Å². The van der Waals surface area contributed by atoms with E-state index in [-0.39, 0.29) is 11.9 Å². The molecule has 1 N–H and O–H groups in total. The second-order valence-electron chi connectivity index (χ2n) is 7.07. The van der Waals surface area contributed by atoms with Gasteiger partial charge in [0.2, 0.25) is 0 Å². The van der Waals surface area contributed by atoms with Gasteiger partial charge in [0, 0.05) is 30.8 Å². The Labute approximate surface area is 162 Å². The number of carbonyl (C=O) groups excluding carboxylic acids is 1. The Bertz CT molecular complexity index is 975. The maximum atomic E-state index is 12.6. The largest absolute Gasteiger partial charge is 0.486 e. The van der Waals surface area contributed by atoms with Crippen LogP contribution in [0.2, 0.25) is 0 Å². The van der Waals surface area contributed by atoms with Gasteiger partial charge in [-0.15, -0.1) is 0 Å². The molecule has 28 heavy (non-hydrogen) atoms. The van der Waals surface area contributed by atoms with Gasteiger partial charge in [-0.1, -0.05) is 12.1 Å². The molecule has 1 saturated heterocycles. The van der Waals surface area contributed by atoms with Gasteiger partial charge in [0.05, 0.1) is 0 Å². The second kappa shape index (κ2) is 7.07. The molecule has 0 atom stereocenters. The van der Waals surface area contributed by atoms with E-state index in [1.165, 1.54) is 0 Å². The topological polar surface area (TPSA) is 76.8 Å². The van der Waals surface area contributed by atoms with E-state index in [4.69, 9.17) is 13.9 Å². The van der Waals surface area contributed by atoms with E-state index in [2.05, 4.69) is 10.3 Å². The van der Waals surface area contributed by atoms with E-state index in [1.54, 1.807) is 6.07 Å². The van der Waals surface area contributed by atoms with Crippen molar-refractivity contribution in [1.29, 1.82) is 0 Å². The Morgan fingerprint density at radius 2 is 1.82 bits per heavy atom. The second-order valence-corrected chi connectivity index (χ2v) is 7.07. The van der Waals surface area contributed by atoms with E-state index in [9.17, 15) is 4.79 Å². The lowest BCUT2D eigenvalue weighted by Gasteiger charge is -2.30. The Morgan fingerprint density at radius 1 is 1.04 bits per heavy atom. The summed E-state index contributed by atoms with van der Waals surface area (Å²) < 4.78 is 17.0. The highest BCUT2D eigenvalue weighted by molar-refractivity contribution is 5.89. The lowest BCUT2D eigenvalue weighted by molar-refractivity contribution is 0.171. The predicted molar refractivity (Wildman–Crippen MR) is 104 cm³/mol. The SMILES string of the molecule is O=C(Nc1ccc2c(c1)OCCO2)N1CCC(c2nc3ccccc3o2)CC1. The first-order valence-corrected chi connectivity index (χ1v) is 9.57. The normalized spacial score (nSPS) is 16.9. The lowest BCUT2D eigenvalue weighted by atomic mass is 9.97. The molecular weight excluding hydrogens is 358 g/mol. The average Bonchev–Trinajstić information content (AvgIpc) is 3.18. The summed E-state index contributed by atoms with van der Waals surface area (Å²) in [7, 11) is 0. The zero-order valence-electron chi connectivity index (χ0n) is 15.4. The van der Waals surface area contributed by atoms with Crippen LogP contribution >= 0.6 is 0 Å². The smallest absolute Gasteiger partial charge is 0.321 e. The summed E-state index contributed by atoms with van der Waals surface area (Å²) in [6.45, 7) is 2.40. The molecule has 3 heterocycles. The number of nitrogens with one attached hydrogen (secondary N) is 1. The molecule has 3 aromatic rings. The van der Waals surface area contributed by atoms with Crippen LogP contribution in [-0.4, -0.2) is 42.2 Å². The molecule has 5 rings (SSSR count). The van der Waals surface area contributed by atoms with Crippen LogP contribution < -0.4 is 14.8 Å². The molecule has 2 aromatic carbocycles. The number of piperidine rings is 1. The highest BCUT2D eigenvalue weighted by Crippen LogP contribution is 2.33. The number of ether oxygens (including phenoxy) is 2. The Kier molecular flexibility index (Phi) is 4.27. The number of hydrogen-bond donors (Lipinski definition) is 1. The average molecular weight is 379 g/mol. The van der Waals surface area contributed by atoms with Gasteiger partial charge in [0.15, 0.2) is 23.0 Å². The Hall–Kier alpha value is -3.22. The minimum Gasteiger partial charge on any atom is -0.486 e. The van der Waals surface area contributed by atoms with Crippen LogP contribution in [-0.2, 0) is 0 Å². The molecule has 0 unspecified atom stereocenters. The summed E-state index contributed by atoms with van der Waals surface area (Å²) in [6, 6.07) is 13.1. The molecule has 7 nitrogen and oxygen atoms in total. The maximum absolute atomic E-state index is 12.6. The molecule has 0 aliphatic carbocycles. The third-order valence-electron chi connectivity index (χ3n) is 5.24. The number of oxazole rings is 1. The first-order valence-electron chi connectivity index (χ1n) is 9.57. The fourth-order valence-corrected chi connectivity index (χ4v) is 3.72. The molecule has 7 heteroatoms. The molecule has 2 aliphatic rings. The number of hydrogen-bond acceptors (Lipinski definition) is 5. The number of carbonyl (C=O) groups is 1. The first-order chi connectivity index (χ1) is 13.8. The van der Waals surface area contributed by atoms with Gasteiger partial charge in [-0.25, -0.2) is 9.78 Å². The number of anilines is 1. The number of benzene rings is 2. The van der Waals surface area contributed by atoms with Crippen molar-refractivity contribution >= 4 is 22.8 Å². The molecule has 1 aromatic heterocycles. The van der Waals surface area contributed by atoms with Crippen LogP contribution in [0.4, 0.5) is 10.5 Å². The van der Waals surface area contributed by atoms with Crippen molar-refractivity contribution in [2.75, 3.05) is 31.6 Å². The summed E-state index contributed by atoms with van der Waals surface area (Å²) in [5.41, 5.74) is 2.41. The number of urea groups is 1. The van der Waals surface area contributed by atoms with E-state index < -0.39 is 0 Å². The van der Waals surface area contributed by atoms with Crippen molar-refractivity contribution in [3.05, 3.63) is 48.4 Å². The summed E-state index contributed by atoms with van der Waals surface area (Å²) in [5.74, 6) is 2.39. The van der Waals surface area contributed by atoms with Gasteiger partial charge in [-0.2, -0.15) is 0 Å². The minimum atomic E-state index is -0.104. The van der Waals surface area contributed by atoms with Crippen molar-refractivity contribution in [1.82, 2.24) is 9.88 Å². The minimum absolute atomic E-state index is 0.104. The van der Waals surface area contributed by atoms with Crippen molar-refractivity contribution in [2.45, 2.75) is 18.8 Å². The van der Waals surface area contributed by atoms with Crippen LogP contribution in [0.25, 0.3) is 11.1 Å². The number of likely N-dealkylation sites (tertiary alicyclic amines) is 1. The molecule has 0 radical (unpaired) electrons. The zero-order valence-corrected chi connectivity index (χ0v) is 15.4. The summed E-state index contributed by atoms with van der Waals surface area (Å²) in [4.78, 5) is 19.1. The third-order valence-corrected chi connectivity index (χ3v) is 5.24. The monoisotopic (exact) mass is 379 g/mol. The Balaban J connectivity index is 1.21. The number of fused-ring (bicyclic) bond motifs is 2. The highest BCUT2D eigenvalue weighted by atomic mass is 16.6. The van der Waals surface area contributed by atoms with Crippen LogP contribution in [0, 0.1) is 0 Å². The van der Waals surface area contributed by atoms with Crippen LogP contribution in [0.5, 0.6) is 11.5 Å². The summed E-state index contributed by atoms with van der Waals surface area (Å²) in [5, 5.41) is 2.95. The fraction of sp³-hybridized carbons (Fsp3) is 0.333. The predicted octanol–water partition coefficient (Wildman–Crippen LogP) is 4.01. The molecule has 2 aliphatic heterocycles. The summed E-state index contributed by atoms with van der Waals surface area (Å²) >= 11 is 0. The van der Waals surface area contributed by atoms with E-state index in [1.807, 2.05) is 41.3 Å². The standard InChI is InChI=1S/C21H21N3O4/c25-21(22-15-5-6-18-19(13-15)27-12-11-26-18)24-9-7-14(8-10-24)20-23-16-3-1-2-4-17(16)28-20/h1-6,13-14H,7-12H2,(H,22,25). The Morgan fingerprint density at radius 3 is 2.64 bits per heavy atom. The molecule has 0 saturated carbocycles. The van der Waals surface area contributed by atoms with E-state index >= 15 is 0 Å². The first kappa shape index (κ1) is 16.9. The van der Waals surface area contributed by atoms with Gasteiger partial charge in [0.1, 0.15) is 18.7 Å². The fourth-order valence-electron chi connectivity index (χ4n) is 3.72. The number of para-hydroxylation sites is 2. The van der Waals surface area contributed by atoms with Gasteiger partial charge in [0.25, 0.3) is 0 Å². The van der Waals surface area contributed by atoms with Crippen molar-refractivity contribution in [2.24, 2.45) is 0 Å². The highest BCUT2D eigenvalue weighted by Gasteiger charge is 2.27. The van der Waals surface area contributed by atoms with Gasteiger partial charge < -0.3 is 24.1 Å². The molecule has 2 amide bonds. The number of aromatic nitrogens is 1. The molecule has 144 valence electrons. The van der Waals surface area contributed by atoms with Crippen LogP contribution in [0.3, 0.4) is 0 Å². The van der Waals surface area contributed by atoms with Gasteiger partial charge >= 0.3 is 6.03 Å². The van der Waals surface area contributed by atoms with E-state index in [0.717, 1.165) is 29.8 Å². The molecule has 0 spiro atoms. The maximum Gasteiger partial charge on any atom is 0.321 e.